The number of guanidine groups is 1. The number of rotatable bonds is 5. The number of hydrogen-bond donors (Lipinski definition) is 2. The molecule has 2 N–H and O–H groups in total. The van der Waals surface area contributed by atoms with Crippen LogP contribution in [0, 0.1) is 0 Å². The Morgan fingerprint density at radius 2 is 2.11 bits per heavy atom. The molecule has 27 heavy (non-hydrogen) atoms. The number of para-hydroxylation sites is 1. The Labute approximate surface area is 156 Å². The fraction of sp³-hybridized carbons (Fsp3) is 0.474. The summed E-state index contributed by atoms with van der Waals surface area (Å²) in [5.74, 6) is 0.615. The molecule has 1 unspecified atom stereocenters. The molecular formula is C19H24F3N5. The zero-order valence-corrected chi connectivity index (χ0v) is 15.3. The molecule has 1 aliphatic rings. The molecule has 0 spiro atoms. The molecule has 2 aromatic rings. The van der Waals surface area contributed by atoms with Crippen LogP contribution in [0.15, 0.2) is 41.5 Å². The third-order valence-electron chi connectivity index (χ3n) is 4.48. The first-order valence-corrected chi connectivity index (χ1v) is 9.11. The van der Waals surface area contributed by atoms with Crippen molar-refractivity contribution in [2.75, 3.05) is 26.2 Å². The lowest BCUT2D eigenvalue weighted by atomic mass is 10.1. The van der Waals surface area contributed by atoms with Crippen LogP contribution in [-0.4, -0.2) is 54.2 Å². The topological polar surface area (TPSA) is 52.6 Å². The lowest BCUT2D eigenvalue weighted by molar-refractivity contribution is -0.143. The van der Waals surface area contributed by atoms with Crippen molar-refractivity contribution >= 4 is 16.9 Å². The standard InChI is InChI=1S/C19H24F3N5/c1-2-23-18(26-16-8-10-27(12-16)13-19(20,21)22)25-11-15-6-3-5-14-7-4-9-24-17(14)15/h3-7,9,16H,2,8,10-13H2,1H3,(H2,23,25,26). The van der Waals surface area contributed by atoms with Crippen LogP contribution < -0.4 is 10.6 Å². The molecule has 1 atom stereocenters. The fourth-order valence-corrected chi connectivity index (χ4v) is 3.32. The lowest BCUT2D eigenvalue weighted by Gasteiger charge is -2.19. The third-order valence-corrected chi connectivity index (χ3v) is 4.48. The summed E-state index contributed by atoms with van der Waals surface area (Å²) >= 11 is 0. The molecule has 5 nitrogen and oxygen atoms in total. The molecule has 3 rings (SSSR count). The molecule has 1 saturated heterocycles. The van der Waals surface area contributed by atoms with Gasteiger partial charge in [-0.05, 0) is 25.0 Å². The largest absolute Gasteiger partial charge is 0.401 e. The van der Waals surface area contributed by atoms with Gasteiger partial charge in [0.1, 0.15) is 0 Å². The van der Waals surface area contributed by atoms with Gasteiger partial charge in [-0.25, -0.2) is 4.99 Å². The quantitative estimate of drug-likeness (QED) is 0.620. The van der Waals surface area contributed by atoms with Gasteiger partial charge in [0.05, 0.1) is 18.6 Å². The molecule has 1 aromatic carbocycles. The summed E-state index contributed by atoms with van der Waals surface area (Å²) < 4.78 is 37.6. The SMILES string of the molecule is CCNC(=NCc1cccc2cccnc12)NC1CCN(CC(F)(F)F)C1. The Bertz CT molecular complexity index is 785. The summed E-state index contributed by atoms with van der Waals surface area (Å²) in [5.41, 5.74) is 1.92. The number of benzene rings is 1. The molecule has 1 fully saturated rings. The maximum absolute atomic E-state index is 12.5. The highest BCUT2D eigenvalue weighted by Crippen LogP contribution is 2.20. The smallest absolute Gasteiger partial charge is 0.357 e. The average molecular weight is 379 g/mol. The van der Waals surface area contributed by atoms with Crippen LogP contribution in [0.2, 0.25) is 0 Å². The van der Waals surface area contributed by atoms with Crippen LogP contribution in [0.4, 0.5) is 13.2 Å². The minimum atomic E-state index is -4.16. The predicted molar refractivity (Wildman–Crippen MR) is 101 cm³/mol. The molecular weight excluding hydrogens is 355 g/mol. The van der Waals surface area contributed by atoms with Gasteiger partial charge in [0, 0.05) is 37.3 Å². The van der Waals surface area contributed by atoms with Crippen LogP contribution in [0.5, 0.6) is 0 Å². The molecule has 0 radical (unpaired) electrons. The van der Waals surface area contributed by atoms with Crippen molar-refractivity contribution in [2.24, 2.45) is 4.99 Å². The summed E-state index contributed by atoms with van der Waals surface area (Å²) in [6.45, 7) is 3.02. The van der Waals surface area contributed by atoms with E-state index in [0.717, 1.165) is 16.5 Å². The van der Waals surface area contributed by atoms with Crippen molar-refractivity contribution in [3.63, 3.8) is 0 Å². The second-order valence-corrected chi connectivity index (χ2v) is 6.67. The van der Waals surface area contributed by atoms with Gasteiger partial charge in [0.2, 0.25) is 0 Å². The molecule has 8 heteroatoms. The highest BCUT2D eigenvalue weighted by atomic mass is 19.4. The van der Waals surface area contributed by atoms with Crippen LogP contribution in [0.1, 0.15) is 18.9 Å². The van der Waals surface area contributed by atoms with E-state index in [4.69, 9.17) is 0 Å². The number of nitrogens with zero attached hydrogens (tertiary/aromatic N) is 3. The monoisotopic (exact) mass is 379 g/mol. The second-order valence-electron chi connectivity index (χ2n) is 6.67. The van der Waals surface area contributed by atoms with E-state index in [1.165, 1.54) is 4.90 Å². The van der Waals surface area contributed by atoms with Gasteiger partial charge in [-0.15, -0.1) is 0 Å². The molecule has 2 heterocycles. The van der Waals surface area contributed by atoms with Gasteiger partial charge in [-0.3, -0.25) is 9.88 Å². The van der Waals surface area contributed by atoms with E-state index in [1.54, 1.807) is 6.20 Å². The number of likely N-dealkylation sites (tertiary alicyclic amines) is 1. The van der Waals surface area contributed by atoms with Gasteiger partial charge in [0.15, 0.2) is 5.96 Å². The number of fused-ring (bicyclic) bond motifs is 1. The van der Waals surface area contributed by atoms with Crippen molar-refractivity contribution in [2.45, 2.75) is 32.1 Å². The number of pyridine rings is 1. The van der Waals surface area contributed by atoms with Crippen molar-refractivity contribution in [3.8, 4) is 0 Å². The van der Waals surface area contributed by atoms with Gasteiger partial charge >= 0.3 is 6.18 Å². The molecule has 0 aliphatic carbocycles. The molecule has 1 aliphatic heterocycles. The van der Waals surface area contributed by atoms with E-state index in [2.05, 4.69) is 20.6 Å². The maximum atomic E-state index is 12.5. The minimum absolute atomic E-state index is 0.0456. The Morgan fingerprint density at radius 1 is 1.30 bits per heavy atom. The molecule has 0 saturated carbocycles. The lowest BCUT2D eigenvalue weighted by Crippen LogP contribution is -2.45. The summed E-state index contributed by atoms with van der Waals surface area (Å²) in [4.78, 5) is 10.5. The molecule has 0 amide bonds. The summed E-state index contributed by atoms with van der Waals surface area (Å²) in [6, 6.07) is 9.83. The van der Waals surface area contributed by atoms with Crippen molar-refractivity contribution < 1.29 is 13.2 Å². The molecule has 0 bridgehead atoms. The van der Waals surface area contributed by atoms with E-state index in [1.807, 2.05) is 37.3 Å². The van der Waals surface area contributed by atoms with Crippen LogP contribution >= 0.6 is 0 Å². The van der Waals surface area contributed by atoms with Crippen molar-refractivity contribution in [3.05, 3.63) is 42.1 Å². The molecule has 146 valence electrons. The normalized spacial score (nSPS) is 18.8. The highest BCUT2D eigenvalue weighted by molar-refractivity contribution is 5.83. The Morgan fingerprint density at radius 3 is 2.89 bits per heavy atom. The average Bonchev–Trinajstić information content (AvgIpc) is 3.04. The number of alkyl halides is 3. The van der Waals surface area contributed by atoms with E-state index in [0.29, 0.717) is 38.6 Å². The van der Waals surface area contributed by atoms with Crippen LogP contribution in [0.3, 0.4) is 0 Å². The number of aromatic nitrogens is 1. The van der Waals surface area contributed by atoms with E-state index in [-0.39, 0.29) is 6.04 Å². The second kappa shape index (κ2) is 8.56. The number of halogens is 3. The first kappa shape index (κ1) is 19.4. The van der Waals surface area contributed by atoms with Crippen molar-refractivity contribution in [1.29, 1.82) is 0 Å². The fourth-order valence-electron chi connectivity index (χ4n) is 3.32. The summed E-state index contributed by atoms with van der Waals surface area (Å²) in [7, 11) is 0. The maximum Gasteiger partial charge on any atom is 0.401 e. The summed E-state index contributed by atoms with van der Waals surface area (Å²) in [5, 5.41) is 7.49. The Balaban J connectivity index is 1.65. The first-order valence-electron chi connectivity index (χ1n) is 9.11. The minimum Gasteiger partial charge on any atom is -0.357 e. The first-order chi connectivity index (χ1) is 12.9. The zero-order valence-electron chi connectivity index (χ0n) is 15.3. The van der Waals surface area contributed by atoms with Crippen LogP contribution in [-0.2, 0) is 6.54 Å². The third kappa shape index (κ3) is 5.56. The number of hydrogen-bond acceptors (Lipinski definition) is 3. The van der Waals surface area contributed by atoms with E-state index >= 15 is 0 Å². The van der Waals surface area contributed by atoms with E-state index in [9.17, 15) is 13.2 Å². The predicted octanol–water partition coefficient (Wildman–Crippen LogP) is 2.93. The Hall–Kier alpha value is -2.35. The van der Waals surface area contributed by atoms with Crippen LogP contribution in [0.25, 0.3) is 10.9 Å². The zero-order chi connectivity index (χ0) is 19.3. The van der Waals surface area contributed by atoms with Gasteiger partial charge in [-0.1, -0.05) is 24.3 Å². The van der Waals surface area contributed by atoms with E-state index < -0.39 is 12.7 Å². The summed E-state index contributed by atoms with van der Waals surface area (Å²) in [6.07, 6.45) is -1.74. The molecule has 1 aromatic heterocycles. The van der Waals surface area contributed by atoms with Gasteiger partial charge in [0.25, 0.3) is 0 Å². The number of nitrogens with one attached hydrogen (secondary N) is 2. The Kier molecular flexibility index (Phi) is 6.15. The number of aliphatic imine (C=N–C) groups is 1. The van der Waals surface area contributed by atoms with Crippen molar-refractivity contribution in [1.82, 2.24) is 20.5 Å². The van der Waals surface area contributed by atoms with Gasteiger partial charge in [-0.2, -0.15) is 13.2 Å². The van der Waals surface area contributed by atoms with Gasteiger partial charge < -0.3 is 10.6 Å². The highest BCUT2D eigenvalue weighted by Gasteiger charge is 2.34.